The molecule has 0 radical (unpaired) electrons. The van der Waals surface area contributed by atoms with Crippen LogP contribution in [0.2, 0.25) is 0 Å². The van der Waals surface area contributed by atoms with E-state index in [-0.39, 0.29) is 23.5 Å². The molecule has 17 heavy (non-hydrogen) atoms. The standard InChI is InChI=1S/C10H17N3O3S/c1-6(14)11-8(5-17)9(15)12-7-3-4-13(2)10(7)16/h7-8,17H,3-5H2,1-2H3,(H,11,14)(H,12,15). The van der Waals surface area contributed by atoms with E-state index in [4.69, 9.17) is 0 Å². The molecule has 0 aromatic carbocycles. The third-order valence-corrected chi connectivity index (χ3v) is 2.99. The molecule has 0 aromatic rings. The molecular formula is C10H17N3O3S. The van der Waals surface area contributed by atoms with E-state index in [1.807, 2.05) is 0 Å². The first-order chi connectivity index (χ1) is 7.95. The zero-order valence-electron chi connectivity index (χ0n) is 9.90. The van der Waals surface area contributed by atoms with Gasteiger partial charge in [0, 0.05) is 26.3 Å². The lowest BCUT2D eigenvalue weighted by Gasteiger charge is -2.18. The van der Waals surface area contributed by atoms with E-state index >= 15 is 0 Å². The Labute approximate surface area is 106 Å². The van der Waals surface area contributed by atoms with Crippen LogP contribution in [0, 0.1) is 0 Å². The summed E-state index contributed by atoms with van der Waals surface area (Å²) in [6.45, 7) is 1.97. The van der Waals surface area contributed by atoms with Crippen LogP contribution < -0.4 is 10.6 Å². The van der Waals surface area contributed by atoms with Crippen molar-refractivity contribution in [2.45, 2.75) is 25.4 Å². The van der Waals surface area contributed by atoms with Gasteiger partial charge in [-0.3, -0.25) is 14.4 Å². The number of hydrogen-bond acceptors (Lipinski definition) is 4. The Morgan fingerprint density at radius 3 is 2.65 bits per heavy atom. The highest BCUT2D eigenvalue weighted by molar-refractivity contribution is 7.80. The van der Waals surface area contributed by atoms with Crippen LogP contribution in [-0.4, -0.2) is 54.1 Å². The molecule has 6 nitrogen and oxygen atoms in total. The molecule has 1 aliphatic rings. The minimum atomic E-state index is -0.700. The molecule has 1 saturated heterocycles. The molecule has 7 heteroatoms. The number of nitrogens with one attached hydrogen (secondary N) is 2. The molecular weight excluding hydrogens is 242 g/mol. The number of hydrogen-bond donors (Lipinski definition) is 3. The van der Waals surface area contributed by atoms with Crippen LogP contribution >= 0.6 is 12.6 Å². The maximum absolute atomic E-state index is 11.8. The van der Waals surface area contributed by atoms with Crippen LogP contribution in [-0.2, 0) is 14.4 Å². The summed E-state index contributed by atoms with van der Waals surface area (Å²) < 4.78 is 0. The highest BCUT2D eigenvalue weighted by atomic mass is 32.1. The first kappa shape index (κ1) is 13.8. The first-order valence-electron chi connectivity index (χ1n) is 5.39. The number of rotatable bonds is 4. The fourth-order valence-corrected chi connectivity index (χ4v) is 1.93. The largest absolute Gasteiger partial charge is 0.344 e. The average molecular weight is 259 g/mol. The third kappa shape index (κ3) is 3.62. The Balaban J connectivity index is 2.53. The van der Waals surface area contributed by atoms with Gasteiger partial charge in [0.2, 0.25) is 17.7 Å². The smallest absolute Gasteiger partial charge is 0.244 e. The van der Waals surface area contributed by atoms with Crippen molar-refractivity contribution in [3.8, 4) is 0 Å². The van der Waals surface area contributed by atoms with Gasteiger partial charge in [-0.05, 0) is 6.42 Å². The lowest BCUT2D eigenvalue weighted by molar-refractivity contribution is -0.133. The molecule has 1 rings (SSSR count). The maximum atomic E-state index is 11.8. The van der Waals surface area contributed by atoms with E-state index in [1.54, 1.807) is 11.9 Å². The molecule has 2 atom stereocenters. The number of likely N-dealkylation sites (tertiary alicyclic amines) is 1. The predicted molar refractivity (Wildman–Crippen MR) is 65.6 cm³/mol. The van der Waals surface area contributed by atoms with Crippen LogP contribution in [0.3, 0.4) is 0 Å². The predicted octanol–water partition coefficient (Wildman–Crippen LogP) is -1.23. The second-order valence-electron chi connectivity index (χ2n) is 4.05. The van der Waals surface area contributed by atoms with Crippen molar-refractivity contribution in [1.29, 1.82) is 0 Å². The Bertz CT molecular complexity index is 335. The van der Waals surface area contributed by atoms with Gasteiger partial charge in [-0.25, -0.2) is 0 Å². The number of likely N-dealkylation sites (N-methyl/N-ethyl adjacent to an activating group) is 1. The van der Waals surface area contributed by atoms with Crippen molar-refractivity contribution in [2.75, 3.05) is 19.3 Å². The summed E-state index contributed by atoms with van der Waals surface area (Å²) in [7, 11) is 1.69. The molecule has 1 aliphatic heterocycles. The summed E-state index contributed by atoms with van der Waals surface area (Å²) >= 11 is 4.00. The van der Waals surface area contributed by atoms with Crippen molar-refractivity contribution < 1.29 is 14.4 Å². The fourth-order valence-electron chi connectivity index (χ4n) is 1.67. The van der Waals surface area contributed by atoms with Gasteiger partial charge >= 0.3 is 0 Å². The molecule has 3 amide bonds. The van der Waals surface area contributed by atoms with E-state index in [0.717, 1.165) is 0 Å². The van der Waals surface area contributed by atoms with Crippen molar-refractivity contribution in [3.63, 3.8) is 0 Å². The molecule has 2 unspecified atom stereocenters. The first-order valence-corrected chi connectivity index (χ1v) is 6.02. The van der Waals surface area contributed by atoms with Crippen LogP contribution in [0.4, 0.5) is 0 Å². The monoisotopic (exact) mass is 259 g/mol. The highest BCUT2D eigenvalue weighted by Gasteiger charge is 2.31. The van der Waals surface area contributed by atoms with Gasteiger partial charge in [0.1, 0.15) is 12.1 Å². The van der Waals surface area contributed by atoms with Gasteiger partial charge in [0.25, 0.3) is 0 Å². The van der Waals surface area contributed by atoms with E-state index in [2.05, 4.69) is 23.3 Å². The fraction of sp³-hybridized carbons (Fsp3) is 0.700. The Morgan fingerprint density at radius 1 is 1.59 bits per heavy atom. The number of thiol groups is 1. The van der Waals surface area contributed by atoms with E-state index in [9.17, 15) is 14.4 Å². The summed E-state index contributed by atoms with van der Waals surface area (Å²) in [4.78, 5) is 35.8. The molecule has 0 aromatic heterocycles. The number of nitrogens with zero attached hydrogens (tertiary/aromatic N) is 1. The minimum absolute atomic E-state index is 0.0981. The summed E-state index contributed by atoms with van der Waals surface area (Å²) in [6.07, 6.45) is 0.598. The van der Waals surface area contributed by atoms with E-state index in [1.165, 1.54) is 6.92 Å². The quantitative estimate of drug-likeness (QED) is 0.553. The van der Waals surface area contributed by atoms with Gasteiger partial charge < -0.3 is 15.5 Å². The molecule has 96 valence electrons. The molecule has 0 spiro atoms. The minimum Gasteiger partial charge on any atom is -0.344 e. The van der Waals surface area contributed by atoms with Crippen LogP contribution in [0.5, 0.6) is 0 Å². The summed E-state index contributed by atoms with van der Waals surface area (Å²) in [6, 6.07) is -1.18. The van der Waals surface area contributed by atoms with Crippen molar-refractivity contribution in [1.82, 2.24) is 15.5 Å². The average Bonchev–Trinajstić information content (AvgIpc) is 2.57. The zero-order chi connectivity index (χ0) is 13.0. The summed E-state index contributed by atoms with van der Waals surface area (Å²) in [5, 5.41) is 5.10. The SMILES string of the molecule is CC(=O)NC(CS)C(=O)NC1CCN(C)C1=O. The molecule has 2 N–H and O–H groups in total. The van der Waals surface area contributed by atoms with Crippen molar-refractivity contribution in [3.05, 3.63) is 0 Å². The van der Waals surface area contributed by atoms with Crippen LogP contribution in [0.1, 0.15) is 13.3 Å². The van der Waals surface area contributed by atoms with Crippen molar-refractivity contribution >= 4 is 30.4 Å². The van der Waals surface area contributed by atoms with Crippen LogP contribution in [0.15, 0.2) is 0 Å². The van der Waals surface area contributed by atoms with Gasteiger partial charge in [-0.1, -0.05) is 0 Å². The Hall–Kier alpha value is -1.24. The Kier molecular flexibility index (Phi) is 4.80. The normalized spacial score (nSPS) is 21.2. The maximum Gasteiger partial charge on any atom is 0.244 e. The third-order valence-electron chi connectivity index (χ3n) is 2.62. The van der Waals surface area contributed by atoms with Crippen LogP contribution in [0.25, 0.3) is 0 Å². The van der Waals surface area contributed by atoms with Gasteiger partial charge in [0.15, 0.2) is 0 Å². The number of carbonyl (C=O) groups excluding carboxylic acids is 3. The molecule has 0 saturated carbocycles. The molecule has 1 fully saturated rings. The highest BCUT2D eigenvalue weighted by Crippen LogP contribution is 2.08. The number of amides is 3. The second-order valence-corrected chi connectivity index (χ2v) is 4.41. The topological polar surface area (TPSA) is 78.5 Å². The van der Waals surface area contributed by atoms with Gasteiger partial charge in [-0.2, -0.15) is 12.6 Å². The van der Waals surface area contributed by atoms with Gasteiger partial charge in [0.05, 0.1) is 0 Å². The van der Waals surface area contributed by atoms with Gasteiger partial charge in [-0.15, -0.1) is 0 Å². The lowest BCUT2D eigenvalue weighted by Crippen LogP contribution is -2.51. The molecule has 1 heterocycles. The lowest BCUT2D eigenvalue weighted by atomic mass is 10.2. The number of carbonyl (C=O) groups is 3. The Morgan fingerprint density at radius 2 is 2.24 bits per heavy atom. The molecule has 0 bridgehead atoms. The van der Waals surface area contributed by atoms with E-state index < -0.39 is 12.1 Å². The molecule has 0 aliphatic carbocycles. The van der Waals surface area contributed by atoms with E-state index in [0.29, 0.717) is 13.0 Å². The summed E-state index contributed by atoms with van der Waals surface area (Å²) in [5.41, 5.74) is 0. The van der Waals surface area contributed by atoms with Crippen molar-refractivity contribution in [2.24, 2.45) is 0 Å². The summed E-state index contributed by atoms with van der Waals surface area (Å²) in [5.74, 6) is -0.570. The zero-order valence-corrected chi connectivity index (χ0v) is 10.8. The second kappa shape index (κ2) is 5.90.